The van der Waals surface area contributed by atoms with Gasteiger partial charge in [0.2, 0.25) is 11.0 Å². The van der Waals surface area contributed by atoms with Crippen LogP contribution in [0, 0.1) is 25.4 Å². The number of hydrogen-bond donors (Lipinski definition) is 1. The van der Waals surface area contributed by atoms with Gasteiger partial charge in [0.1, 0.15) is 0 Å². The van der Waals surface area contributed by atoms with E-state index in [2.05, 4.69) is 25.7 Å². The van der Waals surface area contributed by atoms with Gasteiger partial charge in [0.25, 0.3) is 22.8 Å². The molecule has 0 spiro atoms. The molecule has 1 heterocycles. The monoisotopic (exact) mass is 485 g/mol. The van der Waals surface area contributed by atoms with Crippen molar-refractivity contribution >= 4 is 38.3 Å². The van der Waals surface area contributed by atoms with E-state index in [1.165, 1.54) is 0 Å². The predicted octanol–water partition coefficient (Wildman–Crippen LogP) is 1.47. The summed E-state index contributed by atoms with van der Waals surface area (Å²) in [5, 5.41) is 35.6. The predicted molar refractivity (Wildman–Crippen MR) is 107 cm³/mol. The summed E-state index contributed by atoms with van der Waals surface area (Å²) >= 11 is 3.28. The van der Waals surface area contributed by atoms with Gasteiger partial charge < -0.3 is 10.4 Å². The van der Waals surface area contributed by atoms with E-state index in [4.69, 9.17) is 0 Å². The SMILES string of the molecule is C[S+](C)C(C(=O)c1ccc(Br)cc1)C1C([N+](=O)[O-])=CC(=[N+]([O-])[O-])c2[nH]o[n+](=O)c21. The van der Waals surface area contributed by atoms with Gasteiger partial charge in [-0.05, 0) is 27.9 Å². The number of fused-ring (bicyclic) bond motifs is 1. The molecule has 3 rings (SSSR count). The Morgan fingerprint density at radius 2 is 1.90 bits per heavy atom. The molecule has 152 valence electrons. The van der Waals surface area contributed by atoms with E-state index in [1.807, 2.05) is 0 Å². The highest BCUT2D eigenvalue weighted by Gasteiger charge is 2.56. The number of benzene rings is 1. The number of rotatable bonds is 5. The van der Waals surface area contributed by atoms with E-state index in [-0.39, 0.29) is 16.0 Å². The molecule has 1 aliphatic carbocycles. The molecule has 1 aliphatic rings. The Labute approximate surface area is 174 Å². The molecule has 0 saturated carbocycles. The second-order valence-corrected chi connectivity index (χ2v) is 9.51. The Morgan fingerprint density at radius 3 is 2.41 bits per heavy atom. The first-order valence-electron chi connectivity index (χ1n) is 8.01. The molecule has 0 aliphatic heterocycles. The van der Waals surface area contributed by atoms with Crippen molar-refractivity contribution in [2.75, 3.05) is 12.5 Å². The number of nitro groups is 1. The Hall–Kier alpha value is -2.93. The van der Waals surface area contributed by atoms with Crippen LogP contribution in [0.15, 0.2) is 45.1 Å². The first-order valence-corrected chi connectivity index (χ1v) is 10.9. The summed E-state index contributed by atoms with van der Waals surface area (Å²) in [6.07, 6.45) is 4.20. The largest absolute Gasteiger partial charge is 0.612 e. The van der Waals surface area contributed by atoms with E-state index >= 15 is 0 Å². The Bertz CT molecular complexity index is 1100. The van der Waals surface area contributed by atoms with Crippen molar-refractivity contribution in [2.24, 2.45) is 0 Å². The number of carbonyl (C=O) groups is 1. The average Bonchev–Trinajstić information content (AvgIpc) is 3.03. The zero-order chi connectivity index (χ0) is 21.5. The number of aromatic amines is 1. The highest BCUT2D eigenvalue weighted by molar-refractivity contribution is 9.10. The molecule has 2 aromatic rings. The van der Waals surface area contributed by atoms with Crippen LogP contribution in [0.3, 0.4) is 0 Å². The number of nitrogens with one attached hydrogen (secondary N) is 1. The van der Waals surface area contributed by atoms with E-state index in [1.54, 1.807) is 36.8 Å². The number of Topliss-reactive ketones (excluding diaryl/α,β-unsaturated/α-hetero) is 1. The minimum absolute atomic E-state index is 0.0469. The third-order valence-electron chi connectivity index (χ3n) is 4.44. The number of aromatic nitrogens is 2. The van der Waals surface area contributed by atoms with Crippen LogP contribution >= 0.6 is 15.9 Å². The molecule has 0 saturated heterocycles. The Balaban J connectivity index is 2.24. The van der Waals surface area contributed by atoms with Crippen molar-refractivity contribution in [3.63, 3.8) is 0 Å². The van der Waals surface area contributed by atoms with Crippen molar-refractivity contribution in [3.05, 3.63) is 82.9 Å². The number of hydrogen-bond acceptors (Lipinski definition) is 7. The molecule has 2 atom stereocenters. The fraction of sp³-hybridized carbons (Fsp3) is 0.250. The normalized spacial score (nSPS) is 16.9. The van der Waals surface area contributed by atoms with Crippen LogP contribution in [0.1, 0.15) is 27.7 Å². The minimum atomic E-state index is -1.33. The Morgan fingerprint density at radius 1 is 1.28 bits per heavy atom. The number of nitrogens with zero attached hydrogens (tertiary/aromatic N) is 3. The van der Waals surface area contributed by atoms with Crippen molar-refractivity contribution in [1.29, 1.82) is 0 Å². The lowest BCUT2D eigenvalue weighted by Gasteiger charge is -2.20. The fourth-order valence-corrected chi connectivity index (χ4v) is 4.84. The fourth-order valence-electron chi connectivity index (χ4n) is 3.20. The molecule has 29 heavy (non-hydrogen) atoms. The number of carbonyl (C=O) groups excluding carboxylic acids is 1. The zero-order valence-corrected chi connectivity index (χ0v) is 17.4. The highest BCUT2D eigenvalue weighted by Crippen LogP contribution is 2.37. The van der Waals surface area contributed by atoms with Crippen LogP contribution in [0.4, 0.5) is 0 Å². The second kappa shape index (κ2) is 7.83. The van der Waals surface area contributed by atoms with E-state index < -0.39 is 49.1 Å². The molecule has 13 heteroatoms. The van der Waals surface area contributed by atoms with Crippen LogP contribution in [-0.2, 0) is 10.9 Å². The lowest BCUT2D eigenvalue weighted by atomic mass is 9.86. The van der Waals surface area contributed by atoms with Crippen molar-refractivity contribution in [3.8, 4) is 0 Å². The maximum atomic E-state index is 13.3. The third kappa shape index (κ3) is 3.70. The van der Waals surface area contributed by atoms with Gasteiger partial charge in [-0.3, -0.25) is 14.9 Å². The van der Waals surface area contributed by atoms with E-state index in [0.717, 1.165) is 10.5 Å². The summed E-state index contributed by atoms with van der Waals surface area (Å²) < 4.78 is 5.33. The van der Waals surface area contributed by atoms with Crippen molar-refractivity contribution in [1.82, 2.24) is 5.16 Å². The smallest absolute Gasteiger partial charge is 0.289 e. The molecule has 0 bridgehead atoms. The van der Waals surface area contributed by atoms with E-state index in [9.17, 15) is 30.2 Å². The zero-order valence-electron chi connectivity index (χ0n) is 15.0. The highest BCUT2D eigenvalue weighted by atomic mass is 79.9. The van der Waals surface area contributed by atoms with Gasteiger partial charge in [-0.15, -0.1) is 0 Å². The second-order valence-electron chi connectivity index (χ2n) is 6.33. The molecule has 0 fully saturated rings. The van der Waals surface area contributed by atoms with Gasteiger partial charge >= 0.3 is 0 Å². The molecular formula is C16H14BrN4O7S+. The molecule has 11 nitrogen and oxygen atoms in total. The maximum absolute atomic E-state index is 13.3. The van der Waals surface area contributed by atoms with Crippen LogP contribution in [0.5, 0.6) is 0 Å². The van der Waals surface area contributed by atoms with Crippen molar-refractivity contribution < 1.29 is 23.8 Å². The number of ketones is 1. The summed E-state index contributed by atoms with van der Waals surface area (Å²) in [5.41, 5.74) is -1.64. The summed E-state index contributed by atoms with van der Waals surface area (Å²) in [7, 11) is -0.739. The topological polar surface area (TPSA) is 161 Å². The first kappa shape index (κ1) is 20.8. The third-order valence-corrected chi connectivity index (χ3v) is 6.47. The quantitative estimate of drug-likeness (QED) is 0.220. The number of halogens is 1. The molecule has 0 amide bonds. The lowest BCUT2D eigenvalue weighted by molar-refractivity contribution is -0.720. The van der Waals surface area contributed by atoms with Gasteiger partial charge in [-0.25, -0.2) is 0 Å². The van der Waals surface area contributed by atoms with Gasteiger partial charge in [0, 0.05) is 10.0 Å². The van der Waals surface area contributed by atoms with Crippen LogP contribution in [0.25, 0.3) is 0 Å². The molecule has 1 N–H and O–H groups in total. The number of allylic oxidation sites excluding steroid dienone is 2. The van der Waals surface area contributed by atoms with E-state index in [0.29, 0.717) is 5.56 Å². The van der Waals surface area contributed by atoms with Gasteiger partial charge in [0.05, 0.1) is 23.5 Å². The van der Waals surface area contributed by atoms with Gasteiger partial charge in [0.15, 0.2) is 10.5 Å². The summed E-state index contributed by atoms with van der Waals surface area (Å²) in [6.45, 7) is 0. The number of H-pyrrole nitrogens is 1. The maximum Gasteiger partial charge on any atom is 0.289 e. The summed E-state index contributed by atoms with van der Waals surface area (Å²) in [6, 6.07) is 6.43. The average molecular weight is 486 g/mol. The van der Waals surface area contributed by atoms with Crippen molar-refractivity contribution in [2.45, 2.75) is 11.2 Å². The molecule has 2 unspecified atom stereocenters. The molecule has 0 radical (unpaired) electrons. The minimum Gasteiger partial charge on any atom is -0.612 e. The first-order chi connectivity index (χ1) is 13.6. The molecule has 1 aromatic heterocycles. The van der Waals surface area contributed by atoms with Crippen LogP contribution in [-0.4, -0.2) is 44.2 Å². The summed E-state index contributed by atoms with van der Waals surface area (Å²) in [5.74, 6) is -1.74. The standard InChI is InChI=1S/C16H14BrN4O7S/c1-29(2)16(15(22)8-3-5-9(17)6-4-8)12-10(19(23)24)7-11(20(25)26)13-14(12)21(27)28-18-13/h3-7,12,16H,1-2H3,(H-,18,25,26,27)/q+1. The van der Waals surface area contributed by atoms with Crippen LogP contribution in [0.2, 0.25) is 0 Å². The molecule has 1 aromatic carbocycles. The summed E-state index contributed by atoms with van der Waals surface area (Å²) in [4.78, 5) is 35.6. The van der Waals surface area contributed by atoms with Crippen LogP contribution < -0.4 is 4.60 Å². The lowest BCUT2D eigenvalue weighted by Crippen LogP contribution is -2.43. The Kier molecular flexibility index (Phi) is 5.61. The molecular weight excluding hydrogens is 472 g/mol. The van der Waals surface area contributed by atoms with Gasteiger partial charge in [-0.1, -0.05) is 37.8 Å². The van der Waals surface area contributed by atoms with Gasteiger partial charge in [-0.2, -0.15) is 4.90 Å².